The van der Waals surface area contributed by atoms with Crippen LogP contribution in [0.5, 0.6) is 0 Å². The third kappa shape index (κ3) is 4.30. The molecule has 0 saturated heterocycles. The summed E-state index contributed by atoms with van der Waals surface area (Å²) in [6.07, 6.45) is 1.30. The number of hydrogen-bond acceptors (Lipinski definition) is 1. The van der Waals surface area contributed by atoms with Gasteiger partial charge in [0.05, 0.1) is 6.04 Å². The van der Waals surface area contributed by atoms with Gasteiger partial charge < -0.3 is 5.32 Å². The molecule has 0 fully saturated rings. The van der Waals surface area contributed by atoms with Crippen molar-refractivity contribution >= 4 is 5.91 Å². The smallest absolute Gasteiger partial charge is 0.220 e. The summed E-state index contributed by atoms with van der Waals surface area (Å²) in [5.74, 6) is -0.0624. The van der Waals surface area contributed by atoms with Crippen molar-refractivity contribution in [1.82, 2.24) is 5.32 Å². The van der Waals surface area contributed by atoms with Crippen LogP contribution in [0.2, 0.25) is 0 Å². The first-order valence-corrected chi connectivity index (χ1v) is 3.56. The van der Waals surface area contributed by atoms with Crippen molar-refractivity contribution in [3.8, 4) is 0 Å². The van der Waals surface area contributed by atoms with E-state index < -0.39 is 6.67 Å². The van der Waals surface area contributed by atoms with Gasteiger partial charge in [-0.1, -0.05) is 6.92 Å². The summed E-state index contributed by atoms with van der Waals surface area (Å²) in [4.78, 5) is 10.7. The van der Waals surface area contributed by atoms with E-state index >= 15 is 0 Å². The maximum atomic E-state index is 11.8. The Morgan fingerprint density at radius 3 is 2.70 bits per heavy atom. The number of carbonyl (C=O) groups excluding carboxylic acids is 1. The molecule has 60 valence electrons. The van der Waals surface area contributed by atoms with Gasteiger partial charge in [0.2, 0.25) is 5.91 Å². The first-order valence-electron chi connectivity index (χ1n) is 3.56. The standard InChI is InChI=1S/C7H14FNO/c1-3-4-7(10)9-6(2)5-8/h6H,3-5H2,1-2H3,(H,9,10). The highest BCUT2D eigenvalue weighted by atomic mass is 19.1. The Balaban J connectivity index is 3.37. The van der Waals surface area contributed by atoms with Crippen molar-refractivity contribution in [3.05, 3.63) is 0 Å². The van der Waals surface area contributed by atoms with E-state index in [9.17, 15) is 9.18 Å². The number of nitrogens with one attached hydrogen (secondary N) is 1. The molecule has 0 aromatic rings. The Morgan fingerprint density at radius 1 is 1.70 bits per heavy atom. The predicted molar refractivity (Wildman–Crippen MR) is 38.5 cm³/mol. The maximum absolute atomic E-state index is 11.8. The van der Waals surface area contributed by atoms with Gasteiger partial charge in [0.1, 0.15) is 6.67 Å². The van der Waals surface area contributed by atoms with Crippen LogP contribution in [0.4, 0.5) is 4.39 Å². The average Bonchev–Trinajstić information content (AvgIpc) is 1.88. The summed E-state index contributed by atoms with van der Waals surface area (Å²) < 4.78 is 11.8. The largest absolute Gasteiger partial charge is 0.351 e. The van der Waals surface area contributed by atoms with E-state index in [1.54, 1.807) is 6.92 Å². The average molecular weight is 147 g/mol. The van der Waals surface area contributed by atoms with E-state index in [1.165, 1.54) is 0 Å². The minimum Gasteiger partial charge on any atom is -0.351 e. The van der Waals surface area contributed by atoms with E-state index in [4.69, 9.17) is 0 Å². The van der Waals surface area contributed by atoms with Crippen LogP contribution in [0, 0.1) is 0 Å². The highest BCUT2D eigenvalue weighted by molar-refractivity contribution is 5.76. The quantitative estimate of drug-likeness (QED) is 0.637. The molecule has 0 aliphatic carbocycles. The molecule has 10 heavy (non-hydrogen) atoms. The predicted octanol–water partition coefficient (Wildman–Crippen LogP) is 1.26. The zero-order valence-electron chi connectivity index (χ0n) is 6.48. The summed E-state index contributed by atoms with van der Waals surface area (Å²) >= 11 is 0. The van der Waals surface area contributed by atoms with E-state index in [-0.39, 0.29) is 11.9 Å². The van der Waals surface area contributed by atoms with Gasteiger partial charge in [0, 0.05) is 6.42 Å². The molecule has 0 aliphatic heterocycles. The third-order valence-corrected chi connectivity index (χ3v) is 1.12. The fourth-order valence-corrected chi connectivity index (χ4v) is 0.613. The summed E-state index contributed by atoms with van der Waals surface area (Å²) in [6.45, 7) is 3.07. The Kier molecular flexibility index (Phi) is 4.89. The molecule has 0 rings (SSSR count). The van der Waals surface area contributed by atoms with Crippen molar-refractivity contribution in [2.24, 2.45) is 0 Å². The monoisotopic (exact) mass is 147 g/mol. The van der Waals surface area contributed by atoms with Crippen LogP contribution in [0.15, 0.2) is 0 Å². The molecule has 0 heterocycles. The molecule has 2 nitrogen and oxygen atoms in total. The second kappa shape index (κ2) is 5.21. The minimum absolute atomic E-state index is 0.0624. The highest BCUT2D eigenvalue weighted by Crippen LogP contribution is 1.88. The Morgan fingerprint density at radius 2 is 2.30 bits per heavy atom. The van der Waals surface area contributed by atoms with Crippen LogP contribution in [0.1, 0.15) is 26.7 Å². The summed E-state index contributed by atoms with van der Waals surface area (Å²) in [5.41, 5.74) is 0. The number of carbonyl (C=O) groups is 1. The topological polar surface area (TPSA) is 29.1 Å². The zero-order chi connectivity index (χ0) is 7.98. The molecule has 3 heteroatoms. The summed E-state index contributed by atoms with van der Waals surface area (Å²) in [7, 11) is 0. The van der Waals surface area contributed by atoms with Crippen LogP contribution < -0.4 is 5.32 Å². The van der Waals surface area contributed by atoms with Crippen molar-refractivity contribution in [2.75, 3.05) is 6.67 Å². The van der Waals surface area contributed by atoms with Crippen LogP contribution >= 0.6 is 0 Å². The Hall–Kier alpha value is -0.600. The highest BCUT2D eigenvalue weighted by Gasteiger charge is 2.03. The van der Waals surface area contributed by atoms with Gasteiger partial charge in [-0.25, -0.2) is 4.39 Å². The summed E-state index contributed by atoms with van der Waals surface area (Å²) in [6, 6.07) is -0.334. The van der Waals surface area contributed by atoms with Gasteiger partial charge in [-0.2, -0.15) is 0 Å². The second-order valence-electron chi connectivity index (χ2n) is 2.37. The molecule has 0 aromatic heterocycles. The number of amides is 1. The molecule has 0 spiro atoms. The third-order valence-electron chi connectivity index (χ3n) is 1.12. The Labute approximate surface area is 60.8 Å². The molecule has 1 amide bonds. The molecule has 1 atom stereocenters. The number of alkyl halides is 1. The number of hydrogen-bond donors (Lipinski definition) is 1. The first kappa shape index (κ1) is 9.40. The van der Waals surface area contributed by atoms with E-state index in [1.807, 2.05) is 6.92 Å². The van der Waals surface area contributed by atoms with E-state index in [0.29, 0.717) is 6.42 Å². The van der Waals surface area contributed by atoms with Crippen molar-refractivity contribution in [2.45, 2.75) is 32.7 Å². The fourth-order valence-electron chi connectivity index (χ4n) is 0.613. The first-order chi connectivity index (χ1) is 4.70. The SMILES string of the molecule is CCCC(=O)NC(C)CF. The summed E-state index contributed by atoms with van der Waals surface area (Å²) in [5, 5.41) is 2.52. The van der Waals surface area contributed by atoms with Gasteiger partial charge in [0.25, 0.3) is 0 Å². The molecule has 0 saturated carbocycles. The molecular weight excluding hydrogens is 133 g/mol. The second-order valence-corrected chi connectivity index (χ2v) is 2.37. The normalized spacial score (nSPS) is 12.7. The van der Waals surface area contributed by atoms with Crippen LogP contribution in [0.25, 0.3) is 0 Å². The van der Waals surface area contributed by atoms with Crippen LogP contribution in [0.3, 0.4) is 0 Å². The van der Waals surface area contributed by atoms with Gasteiger partial charge in [-0.15, -0.1) is 0 Å². The van der Waals surface area contributed by atoms with Crippen LogP contribution in [-0.2, 0) is 4.79 Å². The van der Waals surface area contributed by atoms with Gasteiger partial charge in [-0.3, -0.25) is 4.79 Å². The molecular formula is C7H14FNO. The van der Waals surface area contributed by atoms with Crippen LogP contribution in [-0.4, -0.2) is 18.6 Å². The maximum Gasteiger partial charge on any atom is 0.220 e. The van der Waals surface area contributed by atoms with Gasteiger partial charge >= 0.3 is 0 Å². The lowest BCUT2D eigenvalue weighted by atomic mass is 10.3. The molecule has 0 aromatic carbocycles. The minimum atomic E-state index is -0.491. The number of rotatable bonds is 4. The molecule has 1 unspecified atom stereocenters. The lowest BCUT2D eigenvalue weighted by Crippen LogP contribution is -2.33. The lowest BCUT2D eigenvalue weighted by Gasteiger charge is -2.07. The van der Waals surface area contributed by atoms with Crippen molar-refractivity contribution < 1.29 is 9.18 Å². The molecule has 0 bridgehead atoms. The molecule has 0 radical (unpaired) electrons. The fraction of sp³-hybridized carbons (Fsp3) is 0.857. The van der Waals surface area contributed by atoms with Crippen molar-refractivity contribution in [3.63, 3.8) is 0 Å². The Bertz CT molecular complexity index is 106. The number of halogens is 1. The van der Waals surface area contributed by atoms with Gasteiger partial charge in [-0.05, 0) is 13.3 Å². The van der Waals surface area contributed by atoms with Gasteiger partial charge in [0.15, 0.2) is 0 Å². The van der Waals surface area contributed by atoms with E-state index in [2.05, 4.69) is 5.32 Å². The molecule has 1 N–H and O–H groups in total. The van der Waals surface area contributed by atoms with Crippen molar-refractivity contribution in [1.29, 1.82) is 0 Å². The lowest BCUT2D eigenvalue weighted by molar-refractivity contribution is -0.121. The van der Waals surface area contributed by atoms with E-state index in [0.717, 1.165) is 6.42 Å². The molecule has 0 aliphatic rings. The zero-order valence-corrected chi connectivity index (χ0v) is 6.48.